The van der Waals surface area contributed by atoms with Gasteiger partial charge in [-0.1, -0.05) is 0 Å². The molecule has 0 radical (unpaired) electrons. The number of nitrogens with one attached hydrogen (secondary N) is 2. The van der Waals surface area contributed by atoms with Crippen LogP contribution in [0.4, 0.5) is 0 Å². The number of ether oxygens (including phenoxy) is 1. The highest BCUT2D eigenvalue weighted by Gasteiger charge is 2.24. The molecule has 19 heavy (non-hydrogen) atoms. The third-order valence-corrected chi connectivity index (χ3v) is 6.07. The molecule has 0 amide bonds. The van der Waals surface area contributed by atoms with Crippen LogP contribution in [0, 0.1) is 12.8 Å². The van der Waals surface area contributed by atoms with E-state index in [1.165, 1.54) is 11.3 Å². The van der Waals surface area contributed by atoms with Crippen molar-refractivity contribution in [1.82, 2.24) is 10.0 Å². The van der Waals surface area contributed by atoms with Gasteiger partial charge in [-0.05, 0) is 37.3 Å². The fraction of sp³-hybridized carbons (Fsp3) is 0.667. The van der Waals surface area contributed by atoms with E-state index in [1.54, 1.807) is 0 Å². The van der Waals surface area contributed by atoms with E-state index < -0.39 is 10.0 Å². The molecule has 1 fully saturated rings. The third kappa shape index (κ3) is 3.55. The number of hydrogen-bond donors (Lipinski definition) is 2. The lowest BCUT2D eigenvalue weighted by molar-refractivity contribution is 0.186. The van der Waals surface area contributed by atoms with Gasteiger partial charge in [-0.3, -0.25) is 0 Å². The Bertz CT molecular complexity index is 519. The Labute approximate surface area is 118 Å². The van der Waals surface area contributed by atoms with Crippen molar-refractivity contribution in [3.05, 3.63) is 15.8 Å². The molecule has 1 aromatic heterocycles. The van der Waals surface area contributed by atoms with E-state index in [9.17, 15) is 8.42 Å². The molecule has 7 heteroatoms. The van der Waals surface area contributed by atoms with Crippen molar-refractivity contribution >= 4 is 21.4 Å². The van der Waals surface area contributed by atoms with Crippen LogP contribution in [0.25, 0.3) is 0 Å². The number of rotatable bonds is 6. The molecule has 0 saturated carbocycles. The average Bonchev–Trinajstić information content (AvgIpc) is 2.97. The predicted octanol–water partition coefficient (Wildman–Crippen LogP) is 1.09. The summed E-state index contributed by atoms with van der Waals surface area (Å²) in [6, 6.07) is 0. The molecule has 5 nitrogen and oxygen atoms in total. The molecule has 1 aliphatic rings. The summed E-state index contributed by atoms with van der Waals surface area (Å²) in [7, 11) is -1.61. The molecule has 1 atom stereocenters. The zero-order chi connectivity index (χ0) is 13.9. The summed E-state index contributed by atoms with van der Waals surface area (Å²) in [6.45, 7) is 4.24. The first kappa shape index (κ1) is 14.9. The van der Waals surface area contributed by atoms with Crippen molar-refractivity contribution < 1.29 is 13.2 Å². The van der Waals surface area contributed by atoms with Gasteiger partial charge in [0.15, 0.2) is 0 Å². The van der Waals surface area contributed by atoms with Crippen LogP contribution in [-0.4, -0.2) is 35.2 Å². The Morgan fingerprint density at radius 2 is 2.32 bits per heavy atom. The SMILES string of the molecule is CNCc1scc(C)c1S(=O)(=O)NCC1CCOC1. The van der Waals surface area contributed by atoms with Crippen LogP contribution in [0.5, 0.6) is 0 Å². The topological polar surface area (TPSA) is 67.4 Å². The Kier molecular flexibility index (Phi) is 4.97. The molecular formula is C12H20N2O3S2. The minimum Gasteiger partial charge on any atom is -0.381 e. The van der Waals surface area contributed by atoms with Crippen LogP contribution in [0.1, 0.15) is 16.9 Å². The van der Waals surface area contributed by atoms with Crippen molar-refractivity contribution in [2.24, 2.45) is 5.92 Å². The minimum absolute atomic E-state index is 0.293. The summed E-state index contributed by atoms with van der Waals surface area (Å²) in [5.41, 5.74) is 0.811. The number of aryl methyl sites for hydroxylation is 1. The van der Waals surface area contributed by atoms with E-state index in [-0.39, 0.29) is 0 Å². The van der Waals surface area contributed by atoms with Crippen LogP contribution >= 0.6 is 11.3 Å². The molecule has 1 saturated heterocycles. The first-order valence-electron chi connectivity index (χ1n) is 6.33. The quantitative estimate of drug-likeness (QED) is 0.825. The van der Waals surface area contributed by atoms with Crippen LogP contribution in [0.2, 0.25) is 0 Å². The molecule has 1 aromatic rings. The lowest BCUT2D eigenvalue weighted by atomic mass is 10.1. The first-order valence-corrected chi connectivity index (χ1v) is 8.70. The van der Waals surface area contributed by atoms with Crippen molar-refractivity contribution in [3.63, 3.8) is 0 Å². The summed E-state index contributed by atoms with van der Waals surface area (Å²) >= 11 is 1.48. The van der Waals surface area contributed by atoms with Gasteiger partial charge in [0, 0.05) is 24.6 Å². The van der Waals surface area contributed by atoms with E-state index in [1.807, 2.05) is 19.4 Å². The van der Waals surface area contributed by atoms with Gasteiger partial charge in [0.1, 0.15) is 4.90 Å². The molecule has 108 valence electrons. The number of thiophene rings is 1. The van der Waals surface area contributed by atoms with E-state index in [0.717, 1.165) is 23.5 Å². The van der Waals surface area contributed by atoms with Crippen molar-refractivity contribution in [1.29, 1.82) is 0 Å². The van der Waals surface area contributed by atoms with E-state index in [0.29, 0.717) is 30.5 Å². The maximum Gasteiger partial charge on any atom is 0.241 e. The van der Waals surface area contributed by atoms with Crippen LogP contribution < -0.4 is 10.0 Å². The second-order valence-electron chi connectivity index (χ2n) is 4.78. The van der Waals surface area contributed by atoms with Gasteiger partial charge < -0.3 is 10.1 Å². The van der Waals surface area contributed by atoms with Crippen molar-refractivity contribution in [3.8, 4) is 0 Å². The maximum absolute atomic E-state index is 12.4. The van der Waals surface area contributed by atoms with Crippen molar-refractivity contribution in [2.75, 3.05) is 26.8 Å². The molecule has 2 heterocycles. The van der Waals surface area contributed by atoms with E-state index >= 15 is 0 Å². The summed E-state index contributed by atoms with van der Waals surface area (Å²) in [6.07, 6.45) is 0.925. The van der Waals surface area contributed by atoms with Crippen LogP contribution in [0.3, 0.4) is 0 Å². The van der Waals surface area contributed by atoms with Gasteiger partial charge >= 0.3 is 0 Å². The monoisotopic (exact) mass is 304 g/mol. The number of sulfonamides is 1. The zero-order valence-corrected chi connectivity index (χ0v) is 12.9. The lowest BCUT2D eigenvalue weighted by Crippen LogP contribution is -2.30. The van der Waals surface area contributed by atoms with Gasteiger partial charge in [0.05, 0.1) is 6.61 Å². The zero-order valence-electron chi connectivity index (χ0n) is 11.2. The molecule has 0 spiro atoms. The summed E-state index contributed by atoms with van der Waals surface area (Å²) in [5.74, 6) is 0.293. The van der Waals surface area contributed by atoms with E-state index in [4.69, 9.17) is 4.74 Å². The minimum atomic E-state index is -3.42. The highest BCUT2D eigenvalue weighted by molar-refractivity contribution is 7.89. The predicted molar refractivity (Wildman–Crippen MR) is 75.9 cm³/mol. The van der Waals surface area contributed by atoms with Gasteiger partial charge in [0.2, 0.25) is 10.0 Å². The second-order valence-corrected chi connectivity index (χ2v) is 7.45. The van der Waals surface area contributed by atoms with E-state index in [2.05, 4.69) is 10.0 Å². The Balaban J connectivity index is 2.11. The summed E-state index contributed by atoms with van der Waals surface area (Å²) < 4.78 is 32.8. The second kappa shape index (κ2) is 6.32. The normalized spacial score (nSPS) is 20.0. The first-order chi connectivity index (χ1) is 9.04. The van der Waals surface area contributed by atoms with Gasteiger partial charge in [-0.2, -0.15) is 0 Å². The van der Waals surface area contributed by atoms with Gasteiger partial charge in [0.25, 0.3) is 0 Å². The standard InChI is InChI=1S/C12H20N2O3S2/c1-9-8-18-11(6-13-2)12(9)19(15,16)14-5-10-3-4-17-7-10/h8,10,13-14H,3-7H2,1-2H3. The smallest absolute Gasteiger partial charge is 0.241 e. The molecular weight excluding hydrogens is 284 g/mol. The largest absolute Gasteiger partial charge is 0.381 e. The summed E-state index contributed by atoms with van der Waals surface area (Å²) in [4.78, 5) is 1.29. The fourth-order valence-corrected chi connectivity index (χ4v) is 5.11. The Morgan fingerprint density at radius 3 is 2.95 bits per heavy atom. The molecule has 2 N–H and O–H groups in total. The highest BCUT2D eigenvalue weighted by Crippen LogP contribution is 2.26. The molecule has 1 aliphatic heterocycles. The molecule has 0 aliphatic carbocycles. The number of hydrogen-bond acceptors (Lipinski definition) is 5. The van der Waals surface area contributed by atoms with Crippen molar-refractivity contribution in [2.45, 2.75) is 24.8 Å². The molecule has 0 bridgehead atoms. The average molecular weight is 304 g/mol. The lowest BCUT2D eigenvalue weighted by Gasteiger charge is -2.11. The van der Waals surface area contributed by atoms with Gasteiger partial charge in [-0.25, -0.2) is 13.1 Å². The highest BCUT2D eigenvalue weighted by atomic mass is 32.2. The fourth-order valence-electron chi connectivity index (χ4n) is 2.17. The van der Waals surface area contributed by atoms with Crippen LogP contribution in [0.15, 0.2) is 10.3 Å². The Hall–Kier alpha value is -0.470. The maximum atomic E-state index is 12.4. The Morgan fingerprint density at radius 1 is 1.53 bits per heavy atom. The van der Waals surface area contributed by atoms with Gasteiger partial charge in [-0.15, -0.1) is 11.3 Å². The third-order valence-electron chi connectivity index (χ3n) is 3.18. The molecule has 2 rings (SSSR count). The molecule has 0 aromatic carbocycles. The van der Waals surface area contributed by atoms with Crippen LogP contribution in [-0.2, 0) is 21.3 Å². The molecule has 1 unspecified atom stereocenters. The summed E-state index contributed by atoms with van der Waals surface area (Å²) in [5, 5.41) is 4.89.